The molecule has 7 rings (SSSR count). The molecular weight excluding hydrogens is 448 g/mol. The van der Waals surface area contributed by atoms with Gasteiger partial charge in [0.15, 0.2) is 0 Å². The van der Waals surface area contributed by atoms with Crippen LogP contribution in [-0.2, 0) is 6.42 Å². The fourth-order valence-electron chi connectivity index (χ4n) is 8.35. The van der Waals surface area contributed by atoms with Crippen molar-refractivity contribution >= 4 is 17.1 Å². The van der Waals surface area contributed by atoms with Crippen molar-refractivity contribution in [2.45, 2.75) is 71.6 Å². The van der Waals surface area contributed by atoms with Crippen LogP contribution in [-0.4, -0.2) is 29.6 Å². The van der Waals surface area contributed by atoms with Gasteiger partial charge in [-0.25, -0.2) is 4.79 Å². The zero-order valence-electron chi connectivity index (χ0n) is 21.8. The minimum absolute atomic E-state index is 0.356. The molecule has 3 N–H and O–H groups in total. The lowest BCUT2D eigenvalue weighted by molar-refractivity contribution is -0.0566. The quantitative estimate of drug-likeness (QED) is 0.501. The van der Waals surface area contributed by atoms with Gasteiger partial charge in [-0.1, -0.05) is 12.6 Å². The third-order valence-electron chi connectivity index (χ3n) is 9.74. The molecule has 0 amide bonds. The van der Waals surface area contributed by atoms with E-state index in [-0.39, 0.29) is 5.56 Å². The molecule has 6 nitrogen and oxygen atoms in total. The SMILES string of the molecule is C=C1CCc2cc(C)c(C)cc2N(CCNCCC23CC4CC(CC(C4)C2)C3)c2[nH]c(=O)[nH]c(=O)c21. The molecule has 0 atom stereocenters. The van der Waals surface area contributed by atoms with E-state index in [1.165, 1.54) is 61.6 Å². The maximum Gasteiger partial charge on any atom is 0.327 e. The molecule has 1 aliphatic heterocycles. The predicted molar refractivity (Wildman–Crippen MR) is 146 cm³/mol. The fraction of sp³-hybridized carbons (Fsp3) is 0.600. The number of aromatic amines is 2. The third-order valence-corrected chi connectivity index (χ3v) is 9.74. The number of hydrogen-bond acceptors (Lipinski definition) is 4. The van der Waals surface area contributed by atoms with E-state index in [0.717, 1.165) is 48.5 Å². The standard InChI is InChI=1S/C30H40N4O2/c1-18-4-5-24-10-19(2)20(3)11-25(24)34(27-26(18)28(35)33-29(36)32-27)9-8-31-7-6-30-15-21-12-22(16-30)14-23(13-21)17-30/h10-11,21-23,31H,1,4-9,12-17H2,2-3H3,(H2,32,33,35,36). The first-order valence-corrected chi connectivity index (χ1v) is 13.9. The van der Waals surface area contributed by atoms with Gasteiger partial charge in [-0.2, -0.15) is 0 Å². The Morgan fingerprint density at radius 2 is 1.64 bits per heavy atom. The summed E-state index contributed by atoms with van der Waals surface area (Å²) in [6.07, 6.45) is 11.6. The highest BCUT2D eigenvalue weighted by Crippen LogP contribution is 2.61. The van der Waals surface area contributed by atoms with Gasteiger partial charge in [0.25, 0.3) is 5.56 Å². The highest BCUT2D eigenvalue weighted by atomic mass is 16.2. The first-order chi connectivity index (χ1) is 17.3. The summed E-state index contributed by atoms with van der Waals surface area (Å²) >= 11 is 0. The molecule has 4 saturated carbocycles. The minimum Gasteiger partial charge on any atom is -0.326 e. The zero-order valence-corrected chi connectivity index (χ0v) is 21.8. The monoisotopic (exact) mass is 488 g/mol. The highest BCUT2D eigenvalue weighted by molar-refractivity contribution is 5.79. The van der Waals surface area contributed by atoms with Gasteiger partial charge in [-0.15, -0.1) is 0 Å². The average Bonchev–Trinajstić information content (AvgIpc) is 2.80. The molecule has 0 unspecified atom stereocenters. The van der Waals surface area contributed by atoms with Gasteiger partial charge in [0, 0.05) is 18.8 Å². The van der Waals surface area contributed by atoms with Crippen molar-refractivity contribution in [2.24, 2.45) is 23.2 Å². The smallest absolute Gasteiger partial charge is 0.326 e. The Hall–Kier alpha value is -2.60. The Morgan fingerprint density at radius 3 is 2.33 bits per heavy atom. The van der Waals surface area contributed by atoms with Crippen LogP contribution in [0.15, 0.2) is 28.3 Å². The van der Waals surface area contributed by atoms with Crippen LogP contribution >= 0.6 is 0 Å². The molecule has 1 aromatic heterocycles. The predicted octanol–water partition coefficient (Wildman–Crippen LogP) is 4.97. The van der Waals surface area contributed by atoms with E-state index in [1.54, 1.807) is 0 Å². The van der Waals surface area contributed by atoms with Gasteiger partial charge in [0.1, 0.15) is 5.82 Å². The summed E-state index contributed by atoms with van der Waals surface area (Å²) in [6, 6.07) is 4.46. The van der Waals surface area contributed by atoms with Crippen LogP contribution < -0.4 is 21.5 Å². The maximum absolute atomic E-state index is 12.8. The van der Waals surface area contributed by atoms with Crippen molar-refractivity contribution in [3.05, 3.63) is 61.8 Å². The van der Waals surface area contributed by atoms with E-state index in [4.69, 9.17) is 0 Å². The lowest BCUT2D eigenvalue weighted by Gasteiger charge is -2.57. The van der Waals surface area contributed by atoms with Gasteiger partial charge in [0.2, 0.25) is 0 Å². The molecule has 5 aliphatic rings. The molecule has 192 valence electrons. The lowest BCUT2D eigenvalue weighted by Crippen LogP contribution is -2.47. The molecule has 4 bridgehead atoms. The number of benzene rings is 1. The molecular formula is C30H40N4O2. The second kappa shape index (κ2) is 9.05. The molecule has 0 saturated heterocycles. The van der Waals surface area contributed by atoms with Gasteiger partial charge < -0.3 is 10.2 Å². The summed E-state index contributed by atoms with van der Waals surface area (Å²) in [5, 5.41) is 3.73. The van der Waals surface area contributed by atoms with E-state index >= 15 is 0 Å². The zero-order chi connectivity index (χ0) is 25.0. The van der Waals surface area contributed by atoms with Crippen molar-refractivity contribution in [1.82, 2.24) is 15.3 Å². The van der Waals surface area contributed by atoms with Crippen molar-refractivity contribution < 1.29 is 0 Å². The van der Waals surface area contributed by atoms with E-state index < -0.39 is 5.69 Å². The Labute approximate surface area is 213 Å². The first-order valence-electron chi connectivity index (χ1n) is 13.9. The number of aromatic nitrogens is 2. The van der Waals surface area contributed by atoms with Crippen molar-refractivity contribution in [1.29, 1.82) is 0 Å². The average molecular weight is 489 g/mol. The summed E-state index contributed by atoms with van der Waals surface area (Å²) < 4.78 is 0. The van der Waals surface area contributed by atoms with E-state index in [9.17, 15) is 9.59 Å². The summed E-state index contributed by atoms with van der Waals surface area (Å²) in [5.41, 5.74) is 5.80. The number of nitrogens with zero attached hydrogens (tertiary/aromatic N) is 1. The minimum atomic E-state index is -0.475. The van der Waals surface area contributed by atoms with Crippen molar-refractivity contribution in [2.75, 3.05) is 24.5 Å². The van der Waals surface area contributed by atoms with Gasteiger partial charge in [0.05, 0.1) is 5.56 Å². The number of fused-ring (bicyclic) bond motifs is 2. The Bertz CT molecular complexity index is 1270. The second-order valence-electron chi connectivity index (χ2n) is 12.4. The Morgan fingerprint density at radius 1 is 0.972 bits per heavy atom. The van der Waals surface area contributed by atoms with Crippen LogP contribution in [0.2, 0.25) is 0 Å². The van der Waals surface area contributed by atoms with Crippen LogP contribution in [0.25, 0.3) is 5.57 Å². The Balaban J connectivity index is 1.22. The third kappa shape index (κ3) is 4.27. The van der Waals surface area contributed by atoms with E-state index in [1.807, 2.05) is 0 Å². The van der Waals surface area contributed by atoms with Crippen LogP contribution in [0.3, 0.4) is 0 Å². The Kier molecular flexibility index (Phi) is 5.98. The second-order valence-corrected chi connectivity index (χ2v) is 12.4. The van der Waals surface area contributed by atoms with Crippen molar-refractivity contribution in [3.8, 4) is 0 Å². The van der Waals surface area contributed by atoms with Crippen LogP contribution in [0.4, 0.5) is 11.5 Å². The number of nitrogens with one attached hydrogen (secondary N) is 3. The largest absolute Gasteiger partial charge is 0.327 e. The molecule has 0 spiro atoms. The van der Waals surface area contributed by atoms with Crippen LogP contribution in [0.1, 0.15) is 73.6 Å². The normalized spacial score (nSPS) is 28.6. The molecule has 4 aliphatic carbocycles. The van der Waals surface area contributed by atoms with Crippen LogP contribution in [0.5, 0.6) is 0 Å². The molecule has 36 heavy (non-hydrogen) atoms. The first kappa shape index (κ1) is 23.8. The van der Waals surface area contributed by atoms with Gasteiger partial charge in [-0.3, -0.25) is 14.8 Å². The molecule has 2 heterocycles. The molecule has 1 aromatic carbocycles. The lowest BCUT2D eigenvalue weighted by atomic mass is 9.49. The maximum atomic E-state index is 12.8. The summed E-state index contributed by atoms with van der Waals surface area (Å²) in [5.74, 6) is 3.53. The molecule has 4 fully saturated rings. The molecule has 0 radical (unpaired) electrons. The summed E-state index contributed by atoms with van der Waals surface area (Å²) in [7, 11) is 0. The fourth-order valence-corrected chi connectivity index (χ4v) is 8.35. The van der Waals surface area contributed by atoms with E-state index in [0.29, 0.717) is 29.8 Å². The number of allylic oxidation sites excluding steroid dienone is 1. The van der Waals surface area contributed by atoms with Crippen molar-refractivity contribution in [3.63, 3.8) is 0 Å². The van der Waals surface area contributed by atoms with Crippen LogP contribution in [0, 0.1) is 37.0 Å². The summed E-state index contributed by atoms with van der Waals surface area (Å²) in [6.45, 7) is 11.0. The number of rotatable bonds is 6. The molecule has 6 heteroatoms. The van der Waals surface area contributed by atoms with E-state index in [2.05, 4.69) is 52.7 Å². The topological polar surface area (TPSA) is 81.0 Å². The van der Waals surface area contributed by atoms with Gasteiger partial charge >= 0.3 is 5.69 Å². The molecule has 2 aromatic rings. The summed E-state index contributed by atoms with van der Waals surface area (Å²) in [4.78, 5) is 32.7. The van der Waals surface area contributed by atoms with Gasteiger partial charge in [-0.05, 0) is 130 Å². The highest BCUT2D eigenvalue weighted by Gasteiger charge is 2.50. The number of anilines is 2. The number of hydrogen-bond donors (Lipinski definition) is 3. The number of H-pyrrole nitrogens is 2. The number of aryl methyl sites for hydroxylation is 3.